The third kappa shape index (κ3) is 2.20. The molecule has 2 aromatic rings. The number of nitrogens with zero attached hydrogens (tertiary/aromatic N) is 2. The van der Waals surface area contributed by atoms with Crippen LogP contribution >= 0.6 is 0 Å². The van der Waals surface area contributed by atoms with Gasteiger partial charge in [0.15, 0.2) is 0 Å². The van der Waals surface area contributed by atoms with Crippen molar-refractivity contribution >= 4 is 5.91 Å². The first-order valence-electron chi connectivity index (χ1n) is 6.38. The molecule has 2 heterocycles. The van der Waals surface area contributed by atoms with E-state index in [1.807, 2.05) is 13.1 Å². The van der Waals surface area contributed by atoms with Gasteiger partial charge < -0.3 is 15.4 Å². The van der Waals surface area contributed by atoms with Gasteiger partial charge in [-0.3, -0.25) is 9.48 Å². The molecule has 1 fully saturated rings. The second-order valence-corrected chi connectivity index (χ2v) is 5.10. The summed E-state index contributed by atoms with van der Waals surface area (Å²) in [7, 11) is 0. The molecule has 6 nitrogen and oxygen atoms in total. The minimum absolute atomic E-state index is 0.166. The molecule has 0 unspecified atom stereocenters. The molecule has 3 N–H and O–H groups in total. The second-order valence-electron chi connectivity index (χ2n) is 5.10. The molecule has 3 rings (SSSR count). The molecule has 1 amide bonds. The summed E-state index contributed by atoms with van der Waals surface area (Å²) in [6.45, 7) is 1.91. The second kappa shape index (κ2) is 4.75. The molecule has 2 aromatic heterocycles. The molecule has 20 heavy (non-hydrogen) atoms. The number of aliphatic hydroxyl groups excluding tert-OH is 1. The van der Waals surface area contributed by atoms with E-state index in [0.29, 0.717) is 6.42 Å². The number of aromatic amines is 1. The number of aromatic nitrogens is 3. The lowest BCUT2D eigenvalue weighted by atomic mass is 9.83. The van der Waals surface area contributed by atoms with Crippen LogP contribution in [0.25, 0.3) is 0 Å². The van der Waals surface area contributed by atoms with Gasteiger partial charge in [-0.05, 0) is 18.9 Å². The highest BCUT2D eigenvalue weighted by atomic mass is 19.1. The fourth-order valence-electron chi connectivity index (χ4n) is 2.46. The third-order valence-electron chi connectivity index (χ3n) is 3.55. The van der Waals surface area contributed by atoms with Crippen LogP contribution in [0.1, 0.15) is 28.5 Å². The topological polar surface area (TPSA) is 82.9 Å². The number of hydrogen-bond acceptors (Lipinski definition) is 3. The summed E-state index contributed by atoms with van der Waals surface area (Å²) in [5, 5.41) is 16.8. The third-order valence-corrected chi connectivity index (χ3v) is 3.55. The number of hydrogen-bond donors (Lipinski definition) is 3. The van der Waals surface area contributed by atoms with Crippen LogP contribution in [-0.2, 0) is 0 Å². The van der Waals surface area contributed by atoms with Gasteiger partial charge in [-0.15, -0.1) is 0 Å². The molecule has 3 atom stereocenters. The first-order chi connectivity index (χ1) is 9.54. The summed E-state index contributed by atoms with van der Waals surface area (Å²) in [5.74, 6) is -0.872. The summed E-state index contributed by atoms with van der Waals surface area (Å²) in [6.07, 6.45) is 4.56. The minimum atomic E-state index is -0.542. The SMILES string of the molecule is Cc1cnn([C@H]2[C@H](O)C[C@@H]2NC(=O)c2cc(F)c[nH]2)c1. The lowest BCUT2D eigenvalue weighted by molar-refractivity contribution is -0.00596. The molecule has 0 radical (unpaired) electrons. The smallest absolute Gasteiger partial charge is 0.268 e. The lowest BCUT2D eigenvalue weighted by Crippen LogP contribution is -2.56. The lowest BCUT2D eigenvalue weighted by Gasteiger charge is -2.41. The van der Waals surface area contributed by atoms with Crippen molar-refractivity contribution in [2.45, 2.75) is 31.5 Å². The van der Waals surface area contributed by atoms with Crippen molar-refractivity contribution in [1.29, 1.82) is 0 Å². The predicted octanol–water partition coefficient (Wildman–Crippen LogP) is 0.763. The molecule has 106 valence electrons. The van der Waals surface area contributed by atoms with Gasteiger partial charge in [-0.2, -0.15) is 5.10 Å². The van der Waals surface area contributed by atoms with Crippen LogP contribution in [0, 0.1) is 12.7 Å². The van der Waals surface area contributed by atoms with Crippen LogP contribution in [0.4, 0.5) is 4.39 Å². The Bertz CT molecular complexity index is 636. The van der Waals surface area contributed by atoms with Crippen molar-refractivity contribution in [2.75, 3.05) is 0 Å². The number of rotatable bonds is 3. The largest absolute Gasteiger partial charge is 0.391 e. The van der Waals surface area contributed by atoms with Crippen LogP contribution in [-0.4, -0.2) is 37.9 Å². The number of amides is 1. The monoisotopic (exact) mass is 278 g/mol. The van der Waals surface area contributed by atoms with Crippen molar-refractivity contribution < 1.29 is 14.3 Å². The Morgan fingerprint density at radius 3 is 3.00 bits per heavy atom. The highest BCUT2D eigenvalue weighted by molar-refractivity contribution is 5.92. The summed E-state index contributed by atoms with van der Waals surface area (Å²) in [5.41, 5.74) is 1.15. The summed E-state index contributed by atoms with van der Waals surface area (Å²) in [6, 6.07) is 0.632. The molecule has 7 heteroatoms. The van der Waals surface area contributed by atoms with Gasteiger partial charge in [-0.25, -0.2) is 4.39 Å². The number of carbonyl (C=O) groups excluding carboxylic acids is 1. The molecule has 0 aliphatic heterocycles. The Labute approximate surface area is 114 Å². The molecule has 1 aliphatic rings. The van der Waals surface area contributed by atoms with Crippen LogP contribution in [0.2, 0.25) is 0 Å². The van der Waals surface area contributed by atoms with Gasteiger partial charge in [0.1, 0.15) is 11.5 Å². The maximum absolute atomic E-state index is 12.9. The van der Waals surface area contributed by atoms with Crippen LogP contribution in [0.3, 0.4) is 0 Å². The van der Waals surface area contributed by atoms with Gasteiger partial charge in [0.2, 0.25) is 0 Å². The highest BCUT2D eigenvalue weighted by Gasteiger charge is 2.42. The van der Waals surface area contributed by atoms with Crippen LogP contribution in [0.5, 0.6) is 0 Å². The van der Waals surface area contributed by atoms with E-state index in [0.717, 1.165) is 17.8 Å². The van der Waals surface area contributed by atoms with E-state index in [-0.39, 0.29) is 23.7 Å². The number of halogens is 1. The first kappa shape index (κ1) is 12.9. The van der Waals surface area contributed by atoms with Crippen molar-refractivity contribution in [3.8, 4) is 0 Å². The number of aliphatic hydroxyl groups is 1. The fourth-order valence-corrected chi connectivity index (χ4v) is 2.46. The molecular formula is C13H15FN4O2. The Balaban J connectivity index is 1.70. The minimum Gasteiger partial charge on any atom is -0.391 e. The maximum Gasteiger partial charge on any atom is 0.268 e. The zero-order valence-electron chi connectivity index (χ0n) is 10.9. The zero-order valence-corrected chi connectivity index (χ0v) is 10.9. The van der Waals surface area contributed by atoms with Gasteiger partial charge in [0, 0.05) is 18.5 Å². The Hall–Kier alpha value is -2.15. The van der Waals surface area contributed by atoms with Gasteiger partial charge >= 0.3 is 0 Å². The number of nitrogens with one attached hydrogen (secondary N) is 2. The van der Waals surface area contributed by atoms with E-state index in [1.54, 1.807) is 10.9 Å². The quantitative estimate of drug-likeness (QED) is 0.775. The molecule has 0 aromatic carbocycles. The van der Waals surface area contributed by atoms with Gasteiger partial charge in [0.25, 0.3) is 5.91 Å². The highest BCUT2D eigenvalue weighted by Crippen LogP contribution is 2.32. The molecule has 1 aliphatic carbocycles. The van der Waals surface area contributed by atoms with Crippen LogP contribution in [0.15, 0.2) is 24.7 Å². The number of H-pyrrole nitrogens is 1. The molecule has 0 spiro atoms. The Kier molecular flexibility index (Phi) is 3.06. The average molecular weight is 278 g/mol. The van der Waals surface area contributed by atoms with Crippen molar-refractivity contribution in [1.82, 2.24) is 20.1 Å². The van der Waals surface area contributed by atoms with E-state index >= 15 is 0 Å². The van der Waals surface area contributed by atoms with Crippen LogP contribution < -0.4 is 5.32 Å². The normalized spacial score (nSPS) is 25.2. The molecular weight excluding hydrogens is 263 g/mol. The summed E-state index contributed by atoms with van der Waals surface area (Å²) in [4.78, 5) is 14.5. The zero-order chi connectivity index (χ0) is 14.3. The first-order valence-corrected chi connectivity index (χ1v) is 6.38. The van der Waals surface area contributed by atoms with E-state index < -0.39 is 11.9 Å². The summed E-state index contributed by atoms with van der Waals surface area (Å²) >= 11 is 0. The van der Waals surface area contributed by atoms with Gasteiger partial charge in [0.05, 0.1) is 24.4 Å². The van der Waals surface area contributed by atoms with E-state index in [9.17, 15) is 14.3 Å². The molecule has 0 bridgehead atoms. The Morgan fingerprint density at radius 2 is 2.45 bits per heavy atom. The average Bonchev–Trinajstić information content (AvgIpc) is 2.97. The predicted molar refractivity (Wildman–Crippen MR) is 68.6 cm³/mol. The Morgan fingerprint density at radius 1 is 1.65 bits per heavy atom. The van der Waals surface area contributed by atoms with E-state index in [4.69, 9.17) is 0 Å². The van der Waals surface area contributed by atoms with Crippen molar-refractivity contribution in [3.63, 3.8) is 0 Å². The number of carbonyl (C=O) groups is 1. The standard InChI is InChI=1S/C13H15FN4O2/c1-7-4-16-18(6-7)12-9(3-11(12)19)17-13(20)10-2-8(14)5-15-10/h2,4-6,9,11-12,15,19H,3H2,1H3,(H,17,20)/t9-,11+,12+/m0/s1. The van der Waals surface area contributed by atoms with E-state index in [1.165, 1.54) is 0 Å². The molecule has 1 saturated carbocycles. The molecule has 0 saturated heterocycles. The van der Waals surface area contributed by atoms with Gasteiger partial charge in [-0.1, -0.05) is 0 Å². The fraction of sp³-hybridized carbons (Fsp3) is 0.385. The van der Waals surface area contributed by atoms with Crippen molar-refractivity contribution in [2.24, 2.45) is 0 Å². The number of aryl methyl sites for hydroxylation is 1. The summed E-state index contributed by atoms with van der Waals surface area (Å²) < 4.78 is 14.5. The van der Waals surface area contributed by atoms with E-state index in [2.05, 4.69) is 15.4 Å². The maximum atomic E-state index is 12.9. The van der Waals surface area contributed by atoms with Crippen molar-refractivity contribution in [3.05, 3.63) is 41.7 Å².